The summed E-state index contributed by atoms with van der Waals surface area (Å²) in [5, 5.41) is 10.0. The Morgan fingerprint density at radius 1 is 1.04 bits per heavy atom. The fourth-order valence-corrected chi connectivity index (χ4v) is 2.32. The fraction of sp³-hybridized carbons (Fsp3) is 0.0526. The van der Waals surface area contributed by atoms with Gasteiger partial charge in [-0.2, -0.15) is 0 Å². The summed E-state index contributed by atoms with van der Waals surface area (Å²) in [7, 11) is 0. The second-order valence-corrected chi connectivity index (χ2v) is 5.77. The van der Waals surface area contributed by atoms with Gasteiger partial charge in [0, 0.05) is 10.7 Å². The minimum absolute atomic E-state index is 0.386. The van der Waals surface area contributed by atoms with Crippen molar-refractivity contribution in [2.75, 3.05) is 10.6 Å². The molecule has 0 aliphatic rings. The lowest BCUT2D eigenvalue weighted by atomic mass is 10.2. The van der Waals surface area contributed by atoms with E-state index in [1.807, 2.05) is 36.4 Å². The van der Waals surface area contributed by atoms with E-state index in [9.17, 15) is 4.79 Å². The molecular weight excluding hydrogens is 338 g/mol. The molecule has 126 valence electrons. The van der Waals surface area contributed by atoms with E-state index in [4.69, 9.17) is 16.1 Å². The third kappa shape index (κ3) is 4.49. The van der Waals surface area contributed by atoms with Gasteiger partial charge < -0.3 is 15.2 Å². The number of carbonyl (C=O) groups is 1. The van der Waals surface area contributed by atoms with Gasteiger partial charge in [0.15, 0.2) is 5.76 Å². The molecule has 6 heteroatoms. The highest BCUT2D eigenvalue weighted by atomic mass is 35.5. The summed E-state index contributed by atoms with van der Waals surface area (Å²) in [6.45, 7) is 1.77. The molecule has 3 rings (SSSR count). The summed E-state index contributed by atoms with van der Waals surface area (Å²) in [4.78, 5) is 12.2. The molecule has 5 nitrogen and oxygen atoms in total. The maximum Gasteiger partial charge on any atom is 0.323 e. The second kappa shape index (κ2) is 7.68. The smallest absolute Gasteiger partial charge is 0.323 e. The van der Waals surface area contributed by atoms with Gasteiger partial charge in [0.2, 0.25) is 0 Å². The Labute approximate surface area is 150 Å². The van der Waals surface area contributed by atoms with Crippen LogP contribution in [0.5, 0.6) is 0 Å². The van der Waals surface area contributed by atoms with Crippen molar-refractivity contribution in [2.24, 2.45) is 0 Å². The summed E-state index contributed by atoms with van der Waals surface area (Å²) in [5.41, 5.74) is 2.78. The summed E-state index contributed by atoms with van der Waals surface area (Å²) < 4.78 is 5.29. The number of hydrogen-bond donors (Lipinski definition) is 2. The molecule has 2 amide bonds. The SMILES string of the molecule is Cc1noc(/C=C/c2ccccc2)c1NC(=O)Nc1ccc(Cl)cc1. The Morgan fingerprint density at radius 3 is 2.48 bits per heavy atom. The molecular formula is C19H16ClN3O2. The van der Waals surface area contributed by atoms with Crippen molar-refractivity contribution in [1.29, 1.82) is 0 Å². The summed E-state index contributed by atoms with van der Waals surface area (Å²) in [6, 6.07) is 16.3. The average molecular weight is 354 g/mol. The zero-order chi connectivity index (χ0) is 17.6. The third-order valence-electron chi connectivity index (χ3n) is 3.46. The lowest BCUT2D eigenvalue weighted by molar-refractivity contribution is 0.262. The zero-order valence-electron chi connectivity index (χ0n) is 13.5. The van der Waals surface area contributed by atoms with Crippen LogP contribution in [0.15, 0.2) is 59.1 Å². The number of urea groups is 1. The first-order valence-electron chi connectivity index (χ1n) is 7.65. The maximum atomic E-state index is 12.2. The summed E-state index contributed by atoms with van der Waals surface area (Å²) in [6.07, 6.45) is 3.66. The van der Waals surface area contributed by atoms with Gasteiger partial charge >= 0.3 is 6.03 Å². The molecule has 0 aliphatic heterocycles. The molecule has 2 aromatic carbocycles. The highest BCUT2D eigenvalue weighted by molar-refractivity contribution is 6.30. The number of nitrogens with one attached hydrogen (secondary N) is 2. The van der Waals surface area contributed by atoms with Gasteiger partial charge in [-0.1, -0.05) is 53.2 Å². The normalized spacial score (nSPS) is 10.8. The Kier molecular flexibility index (Phi) is 5.16. The molecule has 0 fully saturated rings. The molecule has 0 aliphatic carbocycles. The minimum atomic E-state index is -0.386. The fourth-order valence-electron chi connectivity index (χ4n) is 2.20. The van der Waals surface area contributed by atoms with Gasteiger partial charge in [-0.3, -0.25) is 0 Å². The quantitative estimate of drug-likeness (QED) is 0.655. The molecule has 3 aromatic rings. The molecule has 25 heavy (non-hydrogen) atoms. The highest BCUT2D eigenvalue weighted by Crippen LogP contribution is 2.23. The molecule has 0 atom stereocenters. The van der Waals surface area contributed by atoms with Crippen LogP contribution < -0.4 is 10.6 Å². The first-order valence-corrected chi connectivity index (χ1v) is 8.02. The molecule has 2 N–H and O–H groups in total. The van der Waals surface area contributed by atoms with Crippen molar-refractivity contribution >= 4 is 41.2 Å². The van der Waals surface area contributed by atoms with E-state index in [0.29, 0.717) is 27.9 Å². The highest BCUT2D eigenvalue weighted by Gasteiger charge is 2.13. The van der Waals surface area contributed by atoms with Gasteiger partial charge in [0.1, 0.15) is 11.4 Å². The Morgan fingerprint density at radius 2 is 1.76 bits per heavy atom. The topological polar surface area (TPSA) is 67.2 Å². The van der Waals surface area contributed by atoms with Crippen molar-refractivity contribution in [1.82, 2.24) is 5.16 Å². The van der Waals surface area contributed by atoms with E-state index in [-0.39, 0.29) is 6.03 Å². The number of anilines is 2. The van der Waals surface area contributed by atoms with Crippen LogP contribution in [0.2, 0.25) is 5.02 Å². The van der Waals surface area contributed by atoms with E-state index in [2.05, 4.69) is 15.8 Å². The molecule has 1 heterocycles. The first kappa shape index (κ1) is 16.8. The maximum absolute atomic E-state index is 12.2. The zero-order valence-corrected chi connectivity index (χ0v) is 14.2. The number of amides is 2. The van der Waals surface area contributed by atoms with Crippen molar-refractivity contribution in [2.45, 2.75) is 6.92 Å². The standard InChI is InChI=1S/C19H16ClN3O2/c1-13-18(22-19(24)21-16-10-8-15(20)9-11-16)17(25-23-13)12-7-14-5-3-2-4-6-14/h2-12H,1H3,(H2,21,22,24)/b12-7+. The number of nitrogens with zero attached hydrogens (tertiary/aromatic N) is 1. The molecule has 0 radical (unpaired) electrons. The van der Waals surface area contributed by atoms with E-state index in [1.54, 1.807) is 37.3 Å². The molecule has 0 bridgehead atoms. The number of aryl methyl sites for hydroxylation is 1. The van der Waals surface area contributed by atoms with Crippen molar-refractivity contribution < 1.29 is 9.32 Å². The van der Waals surface area contributed by atoms with Crippen LogP contribution in [0.1, 0.15) is 17.0 Å². The monoisotopic (exact) mass is 353 g/mol. The molecule has 0 unspecified atom stereocenters. The van der Waals surface area contributed by atoms with Gasteiger partial charge in [-0.05, 0) is 42.8 Å². The lowest BCUT2D eigenvalue weighted by Gasteiger charge is -2.07. The van der Waals surface area contributed by atoms with Gasteiger partial charge in [-0.15, -0.1) is 0 Å². The van der Waals surface area contributed by atoms with Crippen LogP contribution in [-0.2, 0) is 0 Å². The Balaban J connectivity index is 1.72. The van der Waals surface area contributed by atoms with Crippen LogP contribution in [0.3, 0.4) is 0 Å². The predicted molar refractivity (Wildman–Crippen MR) is 101 cm³/mol. The minimum Gasteiger partial charge on any atom is -0.354 e. The number of hydrogen-bond acceptors (Lipinski definition) is 3. The van der Waals surface area contributed by atoms with Crippen molar-refractivity contribution in [3.8, 4) is 0 Å². The third-order valence-corrected chi connectivity index (χ3v) is 3.71. The van der Waals surface area contributed by atoms with Gasteiger partial charge in [0.05, 0.1) is 0 Å². The predicted octanol–water partition coefficient (Wildman–Crippen LogP) is 5.45. The molecule has 1 aromatic heterocycles. The van der Waals surface area contributed by atoms with Crippen LogP contribution in [0.4, 0.5) is 16.2 Å². The van der Waals surface area contributed by atoms with Crippen LogP contribution >= 0.6 is 11.6 Å². The van der Waals surface area contributed by atoms with E-state index >= 15 is 0 Å². The largest absolute Gasteiger partial charge is 0.354 e. The number of aromatic nitrogens is 1. The molecule has 0 saturated carbocycles. The van der Waals surface area contributed by atoms with E-state index in [1.165, 1.54) is 0 Å². The first-order chi connectivity index (χ1) is 12.1. The van der Waals surface area contributed by atoms with E-state index < -0.39 is 0 Å². The second-order valence-electron chi connectivity index (χ2n) is 5.34. The Bertz CT molecular complexity index is 887. The Hall–Kier alpha value is -3.05. The average Bonchev–Trinajstić information content (AvgIpc) is 2.96. The number of halogens is 1. The number of carbonyl (C=O) groups excluding carboxylic acids is 1. The van der Waals surface area contributed by atoms with Gasteiger partial charge in [0.25, 0.3) is 0 Å². The number of rotatable bonds is 4. The molecule has 0 saturated heterocycles. The van der Waals surface area contributed by atoms with Crippen molar-refractivity contribution in [3.63, 3.8) is 0 Å². The molecule has 0 spiro atoms. The van der Waals surface area contributed by atoms with E-state index in [0.717, 1.165) is 5.56 Å². The van der Waals surface area contributed by atoms with Crippen molar-refractivity contribution in [3.05, 3.63) is 76.6 Å². The van der Waals surface area contributed by atoms with Crippen LogP contribution in [0, 0.1) is 6.92 Å². The number of benzene rings is 2. The van der Waals surface area contributed by atoms with Crippen LogP contribution in [0.25, 0.3) is 12.2 Å². The summed E-state index contributed by atoms with van der Waals surface area (Å²) in [5.74, 6) is 0.479. The van der Waals surface area contributed by atoms with Gasteiger partial charge in [-0.25, -0.2) is 4.79 Å². The lowest BCUT2D eigenvalue weighted by Crippen LogP contribution is -2.20. The summed E-state index contributed by atoms with van der Waals surface area (Å²) >= 11 is 5.83. The van der Waals surface area contributed by atoms with Crippen LogP contribution in [-0.4, -0.2) is 11.2 Å².